The van der Waals surface area contributed by atoms with Gasteiger partial charge < -0.3 is 47.5 Å². The number of piperazine rings is 1. The van der Waals surface area contributed by atoms with Crippen LogP contribution < -0.4 is 42.6 Å². The fourth-order valence-electron chi connectivity index (χ4n) is 10.5. The van der Waals surface area contributed by atoms with Crippen LogP contribution in [0.5, 0.6) is 63.2 Å². The van der Waals surface area contributed by atoms with Crippen LogP contribution in [0.3, 0.4) is 0 Å². The second-order valence-corrected chi connectivity index (χ2v) is 19.5. The predicted octanol–water partition coefficient (Wildman–Crippen LogP) is 10.4. The summed E-state index contributed by atoms with van der Waals surface area (Å²) >= 11 is 5.85. The first-order valence-corrected chi connectivity index (χ1v) is 25.2. The van der Waals surface area contributed by atoms with Gasteiger partial charge in [0.1, 0.15) is 11.5 Å². The fraction of sp³-hybridized carbons (Fsp3) is 0.362. The smallest absolute Gasteiger partial charge is 0.260 e. The third-order valence-electron chi connectivity index (χ3n) is 14.6. The summed E-state index contributed by atoms with van der Waals surface area (Å²) in [7, 11) is 11.1. The summed E-state index contributed by atoms with van der Waals surface area (Å²) in [6.45, 7) is 6.10. The number of carbonyl (C=O) groups excluding carboxylic acids is 1. The molecule has 1 saturated heterocycles. The molecule has 12 rings (SSSR count). The Morgan fingerprint density at radius 2 is 1.28 bits per heavy atom. The van der Waals surface area contributed by atoms with Crippen molar-refractivity contribution in [3.05, 3.63) is 147 Å². The van der Waals surface area contributed by atoms with E-state index in [2.05, 4.69) is 77.3 Å². The maximum Gasteiger partial charge on any atom is 0.260 e. The molecule has 1 amide bonds. The lowest BCUT2D eigenvalue weighted by atomic mass is 9.87. The van der Waals surface area contributed by atoms with Crippen LogP contribution >= 0.6 is 24.0 Å². The fourth-order valence-corrected chi connectivity index (χ4v) is 10.6. The second kappa shape index (κ2) is 23.3. The minimum atomic E-state index is 0. The number of rotatable bonds is 9. The Bertz CT molecular complexity index is 2930. The van der Waals surface area contributed by atoms with E-state index in [1.54, 1.807) is 52.7 Å². The van der Waals surface area contributed by atoms with Crippen LogP contribution in [0.25, 0.3) is 0 Å². The van der Waals surface area contributed by atoms with Crippen molar-refractivity contribution in [1.82, 2.24) is 19.6 Å². The number of ether oxygens (including phenoxy) is 9. The zero-order chi connectivity index (χ0) is 50.6. The molecular formula is C58H64Cl2N4O10. The Kier molecular flexibility index (Phi) is 16.5. The van der Waals surface area contributed by atoms with Crippen molar-refractivity contribution in [2.45, 2.75) is 44.3 Å². The Balaban J connectivity index is 0.000000205. The highest BCUT2D eigenvalue weighted by Gasteiger charge is 2.35. The molecule has 2 unspecified atom stereocenters. The molecule has 16 heteroatoms. The third-order valence-corrected chi connectivity index (χ3v) is 14.8. The van der Waals surface area contributed by atoms with Crippen molar-refractivity contribution >= 4 is 29.9 Å². The van der Waals surface area contributed by atoms with Gasteiger partial charge in [0.25, 0.3) is 5.91 Å². The van der Waals surface area contributed by atoms with Crippen molar-refractivity contribution in [2.75, 3.05) is 95.2 Å². The highest BCUT2D eigenvalue weighted by molar-refractivity contribution is 6.30. The number of carbonyl (C=O) groups is 1. The number of methoxy groups -OCH3 is 4. The number of nitrogens with zero attached hydrogens (tertiary/aromatic N) is 4. The van der Waals surface area contributed by atoms with Gasteiger partial charge in [-0.2, -0.15) is 0 Å². The van der Waals surface area contributed by atoms with Gasteiger partial charge in [-0.05, 0) is 152 Å². The number of likely N-dealkylation sites (N-methyl/N-ethyl adjacent to an activating group) is 2. The summed E-state index contributed by atoms with van der Waals surface area (Å²) < 4.78 is 53.4. The van der Waals surface area contributed by atoms with Gasteiger partial charge in [-0.25, -0.2) is 0 Å². The van der Waals surface area contributed by atoms with E-state index in [0.717, 1.165) is 86.8 Å². The first-order valence-electron chi connectivity index (χ1n) is 24.9. The number of benzene rings is 6. The Morgan fingerprint density at radius 3 is 2.01 bits per heavy atom. The lowest BCUT2D eigenvalue weighted by Crippen LogP contribution is -2.49. The SMILES string of the molecule is COc1ccc2cc1Oc1ccc(cc1)CC1c3cc(c(OC)cc3CCN1C)Oc1c(OC)c(OC)cc3c1C(C2)N(C)CC3.Cl.O=C(COc1ccc(Cl)cc1)N1CCN(Cc2ccc3c(c2)OCO3)CC1. The van der Waals surface area contributed by atoms with Crippen molar-refractivity contribution in [3.8, 4) is 63.2 Å². The average Bonchev–Trinajstić information content (AvgIpc) is 3.89. The number of halogens is 2. The molecular weight excluding hydrogens is 984 g/mol. The largest absolute Gasteiger partial charge is 0.493 e. The van der Waals surface area contributed by atoms with Crippen molar-refractivity contribution in [2.24, 2.45) is 0 Å². The highest BCUT2D eigenvalue weighted by Crippen LogP contribution is 2.52. The van der Waals surface area contributed by atoms with Gasteiger partial charge in [0.15, 0.2) is 52.6 Å². The summed E-state index contributed by atoms with van der Waals surface area (Å²) in [5.74, 6) is 7.67. The quantitative estimate of drug-likeness (QED) is 0.137. The van der Waals surface area contributed by atoms with Crippen LogP contribution in [0.15, 0.2) is 103 Å². The van der Waals surface area contributed by atoms with Crippen molar-refractivity contribution in [3.63, 3.8) is 0 Å². The molecule has 6 aliphatic heterocycles. The molecule has 6 heterocycles. The van der Waals surface area contributed by atoms with Gasteiger partial charge in [0, 0.05) is 68.5 Å². The third kappa shape index (κ3) is 11.4. The maximum absolute atomic E-state index is 12.4. The molecule has 6 aromatic rings. The molecule has 6 aromatic carbocycles. The summed E-state index contributed by atoms with van der Waals surface area (Å²) in [6.07, 6.45) is 3.37. The van der Waals surface area contributed by atoms with Crippen LogP contribution in [0, 0.1) is 0 Å². The van der Waals surface area contributed by atoms with E-state index < -0.39 is 0 Å². The average molecular weight is 1050 g/mol. The lowest BCUT2D eigenvalue weighted by Gasteiger charge is -2.37. The zero-order valence-electron chi connectivity index (χ0n) is 42.8. The molecule has 74 heavy (non-hydrogen) atoms. The molecule has 390 valence electrons. The van der Waals surface area contributed by atoms with E-state index in [0.29, 0.717) is 64.1 Å². The summed E-state index contributed by atoms with van der Waals surface area (Å²) in [4.78, 5) is 21.4. The van der Waals surface area contributed by atoms with Crippen LogP contribution in [-0.4, -0.2) is 121 Å². The topological polar surface area (TPSA) is 113 Å². The van der Waals surface area contributed by atoms with Crippen LogP contribution in [-0.2, 0) is 37.0 Å². The molecule has 6 aliphatic rings. The molecule has 0 N–H and O–H groups in total. The monoisotopic (exact) mass is 1050 g/mol. The van der Waals surface area contributed by atoms with Gasteiger partial charge in [-0.3, -0.25) is 19.5 Å². The molecule has 0 aromatic heterocycles. The molecule has 1 fully saturated rings. The number of hydrogen-bond donors (Lipinski definition) is 0. The lowest BCUT2D eigenvalue weighted by molar-refractivity contribution is -0.135. The summed E-state index contributed by atoms with van der Waals surface area (Å²) in [6, 6.07) is 34.3. The van der Waals surface area contributed by atoms with E-state index in [-0.39, 0.29) is 43.8 Å². The molecule has 0 saturated carbocycles. The van der Waals surface area contributed by atoms with Crippen LogP contribution in [0.2, 0.25) is 5.02 Å². The minimum absolute atomic E-state index is 0. The molecule has 14 nitrogen and oxygen atoms in total. The molecule has 0 aliphatic carbocycles. The number of hydrogen-bond acceptors (Lipinski definition) is 13. The highest BCUT2D eigenvalue weighted by atomic mass is 35.5. The number of fused-ring (bicyclic) bond motifs is 3. The van der Waals surface area contributed by atoms with Gasteiger partial charge in [-0.15, -0.1) is 12.4 Å². The maximum atomic E-state index is 12.4. The van der Waals surface area contributed by atoms with E-state index in [9.17, 15) is 4.79 Å². The van der Waals surface area contributed by atoms with Crippen LogP contribution in [0.1, 0.15) is 51.0 Å². The van der Waals surface area contributed by atoms with Gasteiger partial charge >= 0.3 is 0 Å². The molecule has 0 radical (unpaired) electrons. The van der Waals surface area contributed by atoms with Crippen molar-refractivity contribution < 1.29 is 47.4 Å². The zero-order valence-corrected chi connectivity index (χ0v) is 44.4. The van der Waals surface area contributed by atoms with Crippen molar-refractivity contribution in [1.29, 1.82) is 0 Å². The number of amides is 1. The normalized spacial score (nSPS) is 17.9. The van der Waals surface area contributed by atoms with E-state index >= 15 is 0 Å². The Labute approximate surface area is 444 Å². The Hall–Kier alpha value is -6.55. The molecule has 6 bridgehead atoms. The van der Waals surface area contributed by atoms with Gasteiger partial charge in [0.2, 0.25) is 12.5 Å². The van der Waals surface area contributed by atoms with E-state index in [1.165, 1.54) is 27.8 Å². The van der Waals surface area contributed by atoms with Gasteiger partial charge in [0.05, 0.1) is 28.4 Å². The predicted molar refractivity (Wildman–Crippen MR) is 286 cm³/mol. The minimum Gasteiger partial charge on any atom is -0.493 e. The van der Waals surface area contributed by atoms with E-state index in [1.807, 2.05) is 35.2 Å². The first kappa shape index (κ1) is 52.3. The second-order valence-electron chi connectivity index (χ2n) is 19.0. The Morgan fingerprint density at radius 1 is 0.622 bits per heavy atom. The molecule has 0 spiro atoms. The first-order chi connectivity index (χ1) is 35.6. The van der Waals surface area contributed by atoms with E-state index in [4.69, 9.17) is 54.2 Å². The molecule has 2 atom stereocenters. The van der Waals surface area contributed by atoms with Gasteiger partial charge in [-0.1, -0.05) is 35.9 Å². The standard InChI is InChI=1S/C38H42N2O6.C20H21ClN2O4.ClH/c1-39-15-13-25-20-32(42-4)34-22-28(25)29(39)17-23-7-10-27(11-8-23)45-33-19-24(9-12-31(33)41-3)18-30-36-26(14-16-40(30)2)21-35(43-5)37(44-6)38(36)46-34;21-16-2-4-17(5-3-16)25-13-20(24)23-9-7-22(8-10-23)12-15-1-6-18-19(11-15)27-14-26-18;/h7-12,19-22,29-30H,13-18H2,1-6H3;1-6,11H,7-10,12-14H2;1H. The summed E-state index contributed by atoms with van der Waals surface area (Å²) in [5, 5.41) is 0.646. The summed E-state index contributed by atoms with van der Waals surface area (Å²) in [5.41, 5.74) is 8.34. The van der Waals surface area contributed by atoms with Crippen LogP contribution in [0.4, 0.5) is 0 Å².